The molecule has 1 N–H and O–H groups in total. The zero-order valence-corrected chi connectivity index (χ0v) is 10.9. The number of aryl methyl sites for hydroxylation is 2. The summed E-state index contributed by atoms with van der Waals surface area (Å²) in [5, 5.41) is 4.10. The van der Waals surface area contributed by atoms with Crippen LogP contribution >= 0.6 is 11.8 Å². The van der Waals surface area contributed by atoms with Crippen molar-refractivity contribution in [2.75, 3.05) is 18.1 Å². The van der Waals surface area contributed by atoms with E-state index in [1.807, 2.05) is 18.7 Å². The van der Waals surface area contributed by atoms with Crippen LogP contribution in [0.25, 0.3) is 0 Å². The first-order valence-corrected chi connectivity index (χ1v) is 6.76. The molecule has 4 heteroatoms. The van der Waals surface area contributed by atoms with E-state index in [1.54, 1.807) is 0 Å². The summed E-state index contributed by atoms with van der Waals surface area (Å²) in [5.41, 5.74) is 1.08. The summed E-state index contributed by atoms with van der Waals surface area (Å²) in [6, 6.07) is 0. The Morgan fingerprint density at radius 1 is 1.60 bits per heavy atom. The highest BCUT2D eigenvalue weighted by Gasteiger charge is 2.04. The van der Waals surface area contributed by atoms with Crippen molar-refractivity contribution in [2.45, 2.75) is 39.0 Å². The van der Waals surface area contributed by atoms with Crippen molar-refractivity contribution >= 4 is 17.7 Å². The molecule has 1 unspecified atom stereocenters. The molecule has 1 heterocycles. The maximum Gasteiger partial charge on any atom is 0.203 e. The lowest BCUT2D eigenvalue weighted by atomic mass is 10.3. The number of imidazole rings is 1. The zero-order chi connectivity index (χ0) is 11.3. The van der Waals surface area contributed by atoms with Crippen LogP contribution in [0, 0.1) is 6.92 Å². The molecule has 0 aromatic carbocycles. The molecule has 1 aromatic heterocycles. The third-order valence-electron chi connectivity index (χ3n) is 2.47. The van der Waals surface area contributed by atoms with Crippen LogP contribution in [0.3, 0.4) is 0 Å². The molecular weight excluding hydrogens is 206 g/mol. The number of rotatable bonds is 6. The molecule has 3 nitrogen and oxygen atoms in total. The fourth-order valence-corrected chi connectivity index (χ4v) is 1.79. The van der Waals surface area contributed by atoms with Gasteiger partial charge in [0.05, 0.1) is 5.69 Å². The van der Waals surface area contributed by atoms with Gasteiger partial charge in [-0.1, -0.05) is 6.92 Å². The van der Waals surface area contributed by atoms with E-state index in [4.69, 9.17) is 0 Å². The molecular formula is C11H21N3S. The van der Waals surface area contributed by atoms with Crippen LogP contribution in [-0.2, 0) is 6.54 Å². The van der Waals surface area contributed by atoms with Crippen molar-refractivity contribution in [3.05, 3.63) is 11.9 Å². The van der Waals surface area contributed by atoms with E-state index in [-0.39, 0.29) is 0 Å². The van der Waals surface area contributed by atoms with Crippen molar-refractivity contribution in [1.82, 2.24) is 9.55 Å². The third kappa shape index (κ3) is 3.78. The van der Waals surface area contributed by atoms with Crippen molar-refractivity contribution in [3.8, 4) is 0 Å². The Kier molecular flexibility index (Phi) is 5.02. The van der Waals surface area contributed by atoms with Crippen LogP contribution in [0.1, 0.15) is 26.0 Å². The highest BCUT2D eigenvalue weighted by molar-refractivity contribution is 7.99. The second kappa shape index (κ2) is 6.05. The van der Waals surface area contributed by atoms with Crippen LogP contribution in [0.15, 0.2) is 6.20 Å². The number of nitrogens with one attached hydrogen (secondary N) is 1. The molecule has 0 radical (unpaired) electrons. The molecule has 0 spiro atoms. The Morgan fingerprint density at radius 3 is 2.93 bits per heavy atom. The lowest BCUT2D eigenvalue weighted by molar-refractivity contribution is 0.753. The normalized spacial score (nSPS) is 12.8. The highest BCUT2D eigenvalue weighted by atomic mass is 32.2. The number of hydrogen-bond acceptors (Lipinski definition) is 3. The average molecular weight is 227 g/mol. The van der Waals surface area contributed by atoms with Gasteiger partial charge in [0.2, 0.25) is 5.95 Å². The molecule has 0 aliphatic rings. The van der Waals surface area contributed by atoms with E-state index in [9.17, 15) is 0 Å². The van der Waals surface area contributed by atoms with Gasteiger partial charge in [0.25, 0.3) is 0 Å². The van der Waals surface area contributed by atoms with Crippen LogP contribution < -0.4 is 5.32 Å². The van der Waals surface area contributed by atoms with Crippen LogP contribution in [-0.4, -0.2) is 27.6 Å². The van der Waals surface area contributed by atoms with Gasteiger partial charge >= 0.3 is 0 Å². The van der Waals surface area contributed by atoms with Gasteiger partial charge in [0.15, 0.2) is 0 Å². The van der Waals surface area contributed by atoms with Gasteiger partial charge in [0, 0.05) is 24.5 Å². The van der Waals surface area contributed by atoms with E-state index in [2.05, 4.69) is 41.2 Å². The summed E-state index contributed by atoms with van der Waals surface area (Å²) in [4.78, 5) is 4.45. The summed E-state index contributed by atoms with van der Waals surface area (Å²) in [5.74, 6) is 1.00. The minimum absolute atomic E-state index is 0.712. The molecule has 1 rings (SSSR count). The van der Waals surface area contributed by atoms with Gasteiger partial charge in [-0.3, -0.25) is 0 Å². The number of thioether (sulfide) groups is 1. The SMILES string of the molecule is CCn1cc(C)nc1NCCC(C)SC. The van der Waals surface area contributed by atoms with E-state index in [1.165, 1.54) is 6.42 Å². The number of anilines is 1. The Morgan fingerprint density at radius 2 is 2.33 bits per heavy atom. The van der Waals surface area contributed by atoms with Crippen molar-refractivity contribution < 1.29 is 0 Å². The van der Waals surface area contributed by atoms with Crippen molar-refractivity contribution in [3.63, 3.8) is 0 Å². The van der Waals surface area contributed by atoms with Gasteiger partial charge in [-0.25, -0.2) is 4.98 Å². The molecule has 0 amide bonds. The molecule has 86 valence electrons. The predicted molar refractivity (Wildman–Crippen MR) is 68.7 cm³/mol. The number of nitrogens with zero attached hydrogens (tertiary/aromatic N) is 2. The summed E-state index contributed by atoms with van der Waals surface area (Å²) in [6.45, 7) is 8.39. The van der Waals surface area contributed by atoms with Gasteiger partial charge < -0.3 is 9.88 Å². The molecule has 15 heavy (non-hydrogen) atoms. The zero-order valence-electron chi connectivity index (χ0n) is 10.1. The van der Waals surface area contributed by atoms with Gasteiger partial charge in [0.1, 0.15) is 0 Å². The van der Waals surface area contributed by atoms with Crippen LogP contribution in [0.5, 0.6) is 0 Å². The Labute approximate surface area is 96.7 Å². The molecule has 0 bridgehead atoms. The average Bonchev–Trinajstić information content (AvgIpc) is 2.58. The quantitative estimate of drug-likeness (QED) is 0.810. The first-order chi connectivity index (χ1) is 7.17. The monoisotopic (exact) mass is 227 g/mol. The van der Waals surface area contributed by atoms with Crippen molar-refractivity contribution in [2.24, 2.45) is 0 Å². The minimum Gasteiger partial charge on any atom is -0.356 e. The molecule has 0 aliphatic heterocycles. The van der Waals surface area contributed by atoms with E-state index >= 15 is 0 Å². The molecule has 1 atom stereocenters. The maximum absolute atomic E-state index is 4.45. The Bertz CT molecular complexity index is 296. The third-order valence-corrected chi connectivity index (χ3v) is 3.51. The number of hydrogen-bond donors (Lipinski definition) is 1. The lowest BCUT2D eigenvalue weighted by Crippen LogP contribution is -2.11. The smallest absolute Gasteiger partial charge is 0.203 e. The fraction of sp³-hybridized carbons (Fsp3) is 0.727. The van der Waals surface area contributed by atoms with Crippen LogP contribution in [0.2, 0.25) is 0 Å². The Hall–Kier alpha value is -0.640. The predicted octanol–water partition coefficient (Wildman–Crippen LogP) is 2.76. The molecule has 0 aliphatic carbocycles. The molecule has 0 saturated carbocycles. The van der Waals surface area contributed by atoms with E-state index in [0.717, 1.165) is 24.7 Å². The lowest BCUT2D eigenvalue weighted by Gasteiger charge is -2.10. The summed E-state index contributed by atoms with van der Waals surface area (Å²) in [7, 11) is 0. The second-order valence-electron chi connectivity index (χ2n) is 3.75. The van der Waals surface area contributed by atoms with Gasteiger partial charge in [-0.05, 0) is 26.5 Å². The minimum atomic E-state index is 0.712. The largest absolute Gasteiger partial charge is 0.356 e. The van der Waals surface area contributed by atoms with Gasteiger partial charge in [-0.2, -0.15) is 11.8 Å². The Balaban J connectivity index is 2.42. The van der Waals surface area contributed by atoms with Crippen molar-refractivity contribution in [1.29, 1.82) is 0 Å². The highest BCUT2D eigenvalue weighted by Crippen LogP contribution is 2.11. The van der Waals surface area contributed by atoms with E-state index < -0.39 is 0 Å². The summed E-state index contributed by atoms with van der Waals surface area (Å²) >= 11 is 1.91. The summed E-state index contributed by atoms with van der Waals surface area (Å²) < 4.78 is 2.15. The standard InChI is InChI=1S/C11H21N3S/c1-5-14-8-9(2)13-11(14)12-7-6-10(3)15-4/h8,10H,5-7H2,1-4H3,(H,12,13). The van der Waals surface area contributed by atoms with Gasteiger partial charge in [-0.15, -0.1) is 0 Å². The molecule has 0 saturated heterocycles. The molecule has 0 fully saturated rings. The summed E-state index contributed by atoms with van der Waals surface area (Å²) in [6.07, 6.45) is 5.42. The van der Waals surface area contributed by atoms with Crippen LogP contribution in [0.4, 0.5) is 5.95 Å². The fourth-order valence-electron chi connectivity index (χ4n) is 1.43. The number of aromatic nitrogens is 2. The maximum atomic E-state index is 4.45. The first kappa shape index (κ1) is 12.4. The second-order valence-corrected chi connectivity index (χ2v) is 5.03. The topological polar surface area (TPSA) is 29.9 Å². The molecule has 1 aromatic rings. The van der Waals surface area contributed by atoms with E-state index in [0.29, 0.717) is 5.25 Å². The first-order valence-electron chi connectivity index (χ1n) is 5.47.